The zero-order chi connectivity index (χ0) is 5.82. The Balaban J connectivity index is -0.000000213. The summed E-state index contributed by atoms with van der Waals surface area (Å²) in [7, 11) is 0. The second-order valence-electron chi connectivity index (χ2n) is 1.47. The molecule has 0 aliphatic heterocycles. The molecule has 0 aromatic heterocycles. The van der Waals surface area contributed by atoms with Crippen LogP contribution in [0.25, 0.3) is 0 Å². The van der Waals surface area contributed by atoms with E-state index in [4.69, 9.17) is 0 Å². The molecule has 0 atom stereocenters. The molecule has 0 saturated carbocycles. The van der Waals surface area contributed by atoms with Gasteiger partial charge in [-0.25, -0.2) is 0 Å². The molecule has 0 N–H and O–H groups in total. The standard InChI is InChI=1S/C7H5O.K.Na.H/c8-6-7-4-2-1-3-5-7;;;/h1-5H;;;/q-1;2*+1;-1. The average Bonchev–Trinajstić information content (AvgIpc) is 1.90. The molecule has 42 valence electrons. The number of benzene rings is 1. The van der Waals surface area contributed by atoms with Gasteiger partial charge in [0.15, 0.2) is 0 Å². The molecule has 0 amide bonds. The van der Waals surface area contributed by atoms with Crippen LogP contribution >= 0.6 is 0 Å². The smallest absolute Gasteiger partial charge is 1.00 e. The van der Waals surface area contributed by atoms with Crippen molar-refractivity contribution in [1.82, 2.24) is 0 Å². The summed E-state index contributed by atoms with van der Waals surface area (Å²) in [5.74, 6) is 0. The molecule has 0 heterocycles. The molecule has 1 rings (SSSR count). The van der Waals surface area contributed by atoms with Gasteiger partial charge in [-0.1, -0.05) is 6.07 Å². The third-order valence-electron chi connectivity index (χ3n) is 0.892. The summed E-state index contributed by atoms with van der Waals surface area (Å²) in [6, 6.07) is 8.90. The number of hydrogen-bond acceptors (Lipinski definition) is 1. The van der Waals surface area contributed by atoms with Gasteiger partial charge in [0, 0.05) is 0 Å². The van der Waals surface area contributed by atoms with Crippen LogP contribution in [0.1, 0.15) is 6.99 Å². The zero-order valence-electron chi connectivity index (χ0n) is 7.29. The molecule has 0 unspecified atom stereocenters. The summed E-state index contributed by atoms with van der Waals surface area (Å²) in [4.78, 5) is 9.88. The van der Waals surface area contributed by atoms with Gasteiger partial charge in [-0.05, 0) is 0 Å². The topological polar surface area (TPSA) is 17.1 Å². The molecule has 0 bridgehead atoms. The van der Waals surface area contributed by atoms with Gasteiger partial charge in [0.25, 0.3) is 0 Å². The van der Waals surface area contributed by atoms with E-state index in [0.717, 1.165) is 0 Å². The molecule has 1 aromatic rings. The number of hydrogen-bond donors (Lipinski definition) is 0. The van der Waals surface area contributed by atoms with Crippen molar-refractivity contribution >= 4 is 6.29 Å². The van der Waals surface area contributed by atoms with Crippen LogP contribution < -0.4 is 80.9 Å². The van der Waals surface area contributed by atoms with Crippen molar-refractivity contribution in [2.24, 2.45) is 0 Å². The fourth-order valence-electron chi connectivity index (χ4n) is 0.506. The van der Waals surface area contributed by atoms with Crippen LogP contribution in [0.3, 0.4) is 0 Å². The molecule has 1 nitrogen and oxygen atoms in total. The third kappa shape index (κ3) is 5.21. The van der Waals surface area contributed by atoms with Crippen molar-refractivity contribution < 1.29 is 87.2 Å². The van der Waals surface area contributed by atoms with Crippen molar-refractivity contribution in [3.05, 3.63) is 35.9 Å². The molecular weight excluding hydrogens is 162 g/mol. The minimum absolute atomic E-state index is 0. The molecule has 0 radical (unpaired) electrons. The van der Waals surface area contributed by atoms with Gasteiger partial charge in [-0.2, -0.15) is 17.7 Å². The molecular formula is C7H6KNaO. The molecule has 0 aliphatic carbocycles. The van der Waals surface area contributed by atoms with Crippen LogP contribution in [0.2, 0.25) is 0 Å². The van der Waals surface area contributed by atoms with E-state index in [2.05, 4.69) is 0 Å². The van der Waals surface area contributed by atoms with Gasteiger partial charge in [0.1, 0.15) is 0 Å². The van der Waals surface area contributed by atoms with Gasteiger partial charge in [-0.3, -0.25) is 0 Å². The van der Waals surface area contributed by atoms with E-state index < -0.39 is 0 Å². The molecule has 0 saturated heterocycles. The summed E-state index contributed by atoms with van der Waals surface area (Å²) < 4.78 is 0. The second-order valence-corrected chi connectivity index (χ2v) is 1.47. The van der Waals surface area contributed by atoms with Crippen LogP contribution in [0.5, 0.6) is 0 Å². The van der Waals surface area contributed by atoms with Crippen LogP contribution in [-0.4, -0.2) is 6.29 Å². The summed E-state index contributed by atoms with van der Waals surface area (Å²) >= 11 is 0. The maximum Gasteiger partial charge on any atom is 1.00 e. The normalized spacial score (nSPS) is 6.80. The first kappa shape index (κ1) is 14.1. The Morgan fingerprint density at radius 3 is 2.00 bits per heavy atom. The van der Waals surface area contributed by atoms with E-state index in [1.807, 2.05) is 6.07 Å². The van der Waals surface area contributed by atoms with Crippen molar-refractivity contribution in [3.63, 3.8) is 0 Å². The zero-order valence-corrected chi connectivity index (χ0v) is 11.4. The van der Waals surface area contributed by atoms with Crippen molar-refractivity contribution in [2.75, 3.05) is 0 Å². The van der Waals surface area contributed by atoms with E-state index in [9.17, 15) is 4.79 Å². The van der Waals surface area contributed by atoms with Gasteiger partial charge in [0.2, 0.25) is 0 Å². The third-order valence-corrected chi connectivity index (χ3v) is 0.892. The van der Waals surface area contributed by atoms with Crippen LogP contribution in [0.15, 0.2) is 30.3 Å². The van der Waals surface area contributed by atoms with E-state index in [1.165, 1.54) is 0 Å². The first-order chi connectivity index (χ1) is 3.93. The summed E-state index contributed by atoms with van der Waals surface area (Å²) in [5.41, 5.74) is 0.604. The Bertz CT molecular complexity index is 181. The Kier molecular flexibility index (Phi) is 12.1. The molecule has 3 heteroatoms. The summed E-state index contributed by atoms with van der Waals surface area (Å²) in [6.07, 6.45) is 1.78. The average molecular weight is 168 g/mol. The fourth-order valence-corrected chi connectivity index (χ4v) is 0.506. The minimum Gasteiger partial charge on any atom is -1.00 e. The van der Waals surface area contributed by atoms with E-state index in [1.54, 1.807) is 30.6 Å². The van der Waals surface area contributed by atoms with Crippen LogP contribution in [-0.2, 0) is 4.79 Å². The second kappa shape index (κ2) is 8.62. The SMILES string of the molecule is O=[C-]c1ccccc1.[H-].[K+].[Na+]. The fraction of sp³-hybridized carbons (Fsp3) is 0. The van der Waals surface area contributed by atoms with E-state index in [-0.39, 0.29) is 82.4 Å². The van der Waals surface area contributed by atoms with Gasteiger partial charge in [0.05, 0.1) is 6.29 Å². The van der Waals surface area contributed by atoms with Crippen LogP contribution in [0.4, 0.5) is 0 Å². The first-order valence-corrected chi connectivity index (χ1v) is 2.36. The monoisotopic (exact) mass is 168 g/mol. The largest absolute Gasteiger partial charge is 1.00 e. The van der Waals surface area contributed by atoms with Crippen molar-refractivity contribution in [3.8, 4) is 0 Å². The maximum absolute atomic E-state index is 9.88. The van der Waals surface area contributed by atoms with Gasteiger partial charge in [-0.15, -0.1) is 12.1 Å². The number of rotatable bonds is 1. The Morgan fingerprint density at radius 1 is 1.20 bits per heavy atom. The van der Waals surface area contributed by atoms with Gasteiger partial charge < -0.3 is 6.22 Å². The summed E-state index contributed by atoms with van der Waals surface area (Å²) in [6.45, 7) is 0. The molecule has 0 spiro atoms. The minimum atomic E-state index is 0. The Labute approximate surface area is 127 Å². The molecule has 10 heavy (non-hydrogen) atoms. The van der Waals surface area contributed by atoms with Gasteiger partial charge >= 0.3 is 80.9 Å². The summed E-state index contributed by atoms with van der Waals surface area (Å²) in [5, 5.41) is 0. The Hall–Kier alpha value is 1.53. The Morgan fingerprint density at radius 2 is 1.70 bits per heavy atom. The molecule has 0 aliphatic rings. The van der Waals surface area contributed by atoms with E-state index in [0.29, 0.717) is 5.56 Å². The quantitative estimate of drug-likeness (QED) is 0.304. The van der Waals surface area contributed by atoms with E-state index >= 15 is 0 Å². The van der Waals surface area contributed by atoms with Crippen molar-refractivity contribution in [1.29, 1.82) is 0 Å². The molecule has 0 fully saturated rings. The predicted molar refractivity (Wildman–Crippen MR) is 32.3 cm³/mol. The number of carbonyl (C=O) groups excluding carboxylic acids is 1. The first-order valence-electron chi connectivity index (χ1n) is 2.36. The molecule has 1 aromatic carbocycles. The predicted octanol–water partition coefficient (Wildman–Crippen LogP) is -4.74. The van der Waals surface area contributed by atoms with Crippen molar-refractivity contribution in [2.45, 2.75) is 0 Å². The van der Waals surface area contributed by atoms with Crippen LogP contribution in [0, 0.1) is 0 Å². The maximum atomic E-state index is 9.88.